The summed E-state index contributed by atoms with van der Waals surface area (Å²) in [6, 6.07) is 14.4. The molecule has 2 heterocycles. The molecule has 3 aromatic rings. The third-order valence-corrected chi connectivity index (χ3v) is 6.83. The number of halogens is 1. The Hall–Kier alpha value is -3.34. The number of furan rings is 1. The minimum Gasteiger partial charge on any atom is -0.482 e. The Labute approximate surface area is 189 Å². The number of hydrogen-bond acceptors (Lipinski definition) is 6. The van der Waals surface area contributed by atoms with Crippen LogP contribution in [0.3, 0.4) is 0 Å². The zero-order chi connectivity index (χ0) is 22.7. The molecule has 2 aromatic carbocycles. The van der Waals surface area contributed by atoms with Gasteiger partial charge in [-0.1, -0.05) is 29.8 Å². The number of para-hydroxylation sites is 1. The molecule has 9 nitrogen and oxygen atoms in total. The van der Waals surface area contributed by atoms with Gasteiger partial charge in [-0.25, -0.2) is 8.42 Å². The number of benzene rings is 2. The van der Waals surface area contributed by atoms with Crippen LogP contribution < -0.4 is 15.4 Å². The molecule has 1 aliphatic heterocycles. The van der Waals surface area contributed by atoms with Gasteiger partial charge in [-0.15, -0.1) is 0 Å². The SMILES string of the molecule is O=C(CN(Cc1ccco1)S(=O)(=O)c1cc2c(cc1Cl)NC(=O)CO2)Nc1ccccc1. The number of anilines is 2. The number of fused-ring (bicyclic) bond motifs is 1. The lowest BCUT2D eigenvalue weighted by Crippen LogP contribution is -2.37. The number of nitrogens with one attached hydrogen (secondary N) is 2. The molecule has 0 spiro atoms. The lowest BCUT2D eigenvalue weighted by molar-refractivity contribution is -0.118. The molecule has 0 atom stereocenters. The Kier molecular flexibility index (Phi) is 6.17. The zero-order valence-electron chi connectivity index (χ0n) is 16.6. The number of carbonyl (C=O) groups is 2. The molecule has 0 saturated heterocycles. The molecule has 0 radical (unpaired) electrons. The van der Waals surface area contributed by atoms with Crippen molar-refractivity contribution in [3.8, 4) is 5.75 Å². The van der Waals surface area contributed by atoms with E-state index in [0.29, 0.717) is 11.4 Å². The highest BCUT2D eigenvalue weighted by Gasteiger charge is 2.32. The zero-order valence-corrected chi connectivity index (χ0v) is 18.2. The maximum absolute atomic E-state index is 13.5. The lowest BCUT2D eigenvalue weighted by Gasteiger charge is -2.24. The summed E-state index contributed by atoms with van der Waals surface area (Å²) in [5.74, 6) is -0.400. The first-order valence-corrected chi connectivity index (χ1v) is 11.3. The monoisotopic (exact) mass is 475 g/mol. The molecule has 166 valence electrons. The van der Waals surface area contributed by atoms with Gasteiger partial charge >= 0.3 is 0 Å². The van der Waals surface area contributed by atoms with Crippen molar-refractivity contribution in [1.82, 2.24) is 4.31 Å². The van der Waals surface area contributed by atoms with Crippen LogP contribution in [0, 0.1) is 0 Å². The average Bonchev–Trinajstić information content (AvgIpc) is 3.26. The molecule has 11 heteroatoms. The fourth-order valence-electron chi connectivity index (χ4n) is 3.10. The van der Waals surface area contributed by atoms with E-state index in [-0.39, 0.29) is 40.4 Å². The van der Waals surface area contributed by atoms with Crippen LogP contribution in [0.4, 0.5) is 11.4 Å². The fourth-order valence-corrected chi connectivity index (χ4v) is 4.98. The van der Waals surface area contributed by atoms with Crippen molar-refractivity contribution < 1.29 is 27.2 Å². The van der Waals surface area contributed by atoms with E-state index in [0.717, 1.165) is 4.31 Å². The van der Waals surface area contributed by atoms with Crippen molar-refractivity contribution in [2.24, 2.45) is 0 Å². The number of hydrogen-bond donors (Lipinski definition) is 2. The molecule has 1 aliphatic rings. The van der Waals surface area contributed by atoms with Crippen LogP contribution in [-0.4, -0.2) is 37.7 Å². The van der Waals surface area contributed by atoms with Gasteiger partial charge in [0.2, 0.25) is 15.9 Å². The smallest absolute Gasteiger partial charge is 0.262 e. The molecule has 0 saturated carbocycles. The van der Waals surface area contributed by atoms with Crippen LogP contribution in [0.2, 0.25) is 5.02 Å². The maximum atomic E-state index is 13.5. The summed E-state index contributed by atoms with van der Waals surface area (Å²) in [5, 5.41) is 5.11. The van der Waals surface area contributed by atoms with Crippen LogP contribution in [0.25, 0.3) is 0 Å². The standard InChI is InChI=1S/C21H18ClN3O6S/c22-16-9-17-18(31-13-21(27)24-17)10-19(16)32(28,29)25(11-15-7-4-8-30-15)12-20(26)23-14-5-2-1-3-6-14/h1-10H,11-13H2,(H,23,26)(H,24,27). The Bertz CT molecular complexity index is 1250. The largest absolute Gasteiger partial charge is 0.482 e. The van der Waals surface area contributed by atoms with Crippen LogP contribution >= 0.6 is 11.6 Å². The topological polar surface area (TPSA) is 118 Å². The molecule has 0 aliphatic carbocycles. The number of amides is 2. The quantitative estimate of drug-likeness (QED) is 0.542. The highest BCUT2D eigenvalue weighted by Crippen LogP contribution is 2.37. The van der Waals surface area contributed by atoms with Crippen LogP contribution in [-0.2, 0) is 26.2 Å². The van der Waals surface area contributed by atoms with Crippen molar-refractivity contribution in [2.75, 3.05) is 23.8 Å². The number of rotatable bonds is 7. The lowest BCUT2D eigenvalue weighted by atomic mass is 10.2. The van der Waals surface area contributed by atoms with Crippen LogP contribution in [0.5, 0.6) is 5.75 Å². The maximum Gasteiger partial charge on any atom is 0.262 e. The van der Waals surface area contributed by atoms with Crippen molar-refractivity contribution in [3.63, 3.8) is 0 Å². The second kappa shape index (κ2) is 9.03. The minimum atomic E-state index is -4.25. The van der Waals surface area contributed by atoms with Crippen molar-refractivity contribution >= 4 is 44.8 Å². The Morgan fingerprint density at radius 2 is 1.94 bits per heavy atom. The summed E-state index contributed by atoms with van der Waals surface area (Å²) in [5.41, 5.74) is 0.799. The van der Waals surface area contributed by atoms with E-state index in [1.165, 1.54) is 18.4 Å². The highest BCUT2D eigenvalue weighted by molar-refractivity contribution is 7.89. The number of sulfonamides is 1. The van der Waals surface area contributed by atoms with Gasteiger partial charge < -0.3 is 19.8 Å². The van der Waals surface area contributed by atoms with Crippen LogP contribution in [0.15, 0.2) is 70.2 Å². The first-order valence-electron chi connectivity index (χ1n) is 9.46. The molecule has 32 heavy (non-hydrogen) atoms. The van der Waals surface area contributed by atoms with E-state index >= 15 is 0 Å². The van der Waals surface area contributed by atoms with Gasteiger partial charge in [0.05, 0.1) is 30.1 Å². The molecule has 0 bridgehead atoms. The summed E-state index contributed by atoms with van der Waals surface area (Å²) < 4.78 is 38.6. The predicted molar refractivity (Wildman–Crippen MR) is 117 cm³/mol. The van der Waals surface area contributed by atoms with E-state index in [2.05, 4.69) is 10.6 Å². The molecule has 2 N–H and O–H groups in total. The summed E-state index contributed by atoms with van der Waals surface area (Å²) in [4.78, 5) is 23.9. The van der Waals surface area contributed by atoms with E-state index in [1.807, 2.05) is 0 Å². The predicted octanol–water partition coefficient (Wildman–Crippen LogP) is 3.09. The summed E-state index contributed by atoms with van der Waals surface area (Å²) in [7, 11) is -4.25. The van der Waals surface area contributed by atoms with Gasteiger partial charge in [-0.3, -0.25) is 9.59 Å². The minimum absolute atomic E-state index is 0.123. The molecule has 0 unspecified atom stereocenters. The Morgan fingerprint density at radius 1 is 1.16 bits per heavy atom. The van der Waals surface area contributed by atoms with Crippen molar-refractivity contribution in [1.29, 1.82) is 0 Å². The second-order valence-electron chi connectivity index (χ2n) is 6.88. The highest BCUT2D eigenvalue weighted by atomic mass is 35.5. The third-order valence-electron chi connectivity index (χ3n) is 4.57. The fraction of sp³-hybridized carbons (Fsp3) is 0.143. The summed E-state index contributed by atoms with van der Waals surface area (Å²) in [6.07, 6.45) is 1.41. The molecule has 0 fully saturated rings. The van der Waals surface area contributed by atoms with Crippen molar-refractivity contribution in [3.05, 3.63) is 71.6 Å². The van der Waals surface area contributed by atoms with Gasteiger partial charge in [0.25, 0.3) is 5.91 Å². The van der Waals surface area contributed by atoms with E-state index < -0.39 is 22.5 Å². The summed E-state index contributed by atoms with van der Waals surface area (Å²) >= 11 is 6.25. The van der Waals surface area contributed by atoms with Gasteiger partial charge in [0, 0.05) is 11.8 Å². The van der Waals surface area contributed by atoms with E-state index in [1.54, 1.807) is 42.5 Å². The van der Waals surface area contributed by atoms with Crippen molar-refractivity contribution in [2.45, 2.75) is 11.4 Å². The Balaban J connectivity index is 1.65. The first-order chi connectivity index (χ1) is 15.3. The van der Waals surface area contributed by atoms with Crippen LogP contribution in [0.1, 0.15) is 5.76 Å². The third kappa shape index (κ3) is 4.77. The van der Waals surface area contributed by atoms with Gasteiger partial charge in [-0.05, 0) is 30.3 Å². The Morgan fingerprint density at radius 3 is 2.66 bits per heavy atom. The van der Waals surface area contributed by atoms with E-state index in [4.69, 9.17) is 20.8 Å². The van der Waals surface area contributed by atoms with Gasteiger partial charge in [-0.2, -0.15) is 4.31 Å². The normalized spacial score (nSPS) is 13.2. The number of ether oxygens (including phenoxy) is 1. The van der Waals surface area contributed by atoms with Gasteiger partial charge in [0.1, 0.15) is 16.4 Å². The molecule has 4 rings (SSSR count). The molecule has 1 aromatic heterocycles. The number of nitrogens with zero attached hydrogens (tertiary/aromatic N) is 1. The molecular formula is C21H18ClN3O6S. The second-order valence-corrected chi connectivity index (χ2v) is 9.20. The van der Waals surface area contributed by atoms with Gasteiger partial charge in [0.15, 0.2) is 6.61 Å². The van der Waals surface area contributed by atoms with E-state index in [9.17, 15) is 18.0 Å². The summed E-state index contributed by atoms with van der Waals surface area (Å²) in [6.45, 7) is -0.921. The molecular weight excluding hydrogens is 458 g/mol. The number of carbonyl (C=O) groups excluding carboxylic acids is 2. The average molecular weight is 476 g/mol. The first kappa shape index (κ1) is 21.9. The molecule has 2 amide bonds.